The number of fused-ring (bicyclic) bond motifs is 1. The summed E-state index contributed by atoms with van der Waals surface area (Å²) in [6, 6.07) is 5.66. The molecule has 1 aromatic carbocycles. The van der Waals surface area contributed by atoms with E-state index < -0.39 is 23.2 Å². The summed E-state index contributed by atoms with van der Waals surface area (Å²) in [6.45, 7) is 4.64. The lowest BCUT2D eigenvalue weighted by molar-refractivity contribution is -0.141. The molecule has 1 aromatic rings. The van der Waals surface area contributed by atoms with Gasteiger partial charge in [-0.25, -0.2) is 0 Å². The third-order valence-corrected chi connectivity index (χ3v) is 5.00. The monoisotopic (exact) mass is 377 g/mol. The molecular weight excluding hydrogens is 358 g/mol. The van der Waals surface area contributed by atoms with Crippen LogP contribution < -0.4 is 0 Å². The van der Waals surface area contributed by atoms with E-state index in [1.807, 2.05) is 0 Å². The van der Waals surface area contributed by atoms with Crippen LogP contribution in [-0.4, -0.2) is 75.9 Å². The molecule has 2 unspecified atom stereocenters. The van der Waals surface area contributed by atoms with E-state index in [2.05, 4.69) is 0 Å². The lowest BCUT2D eigenvalue weighted by Gasteiger charge is -2.37. The van der Waals surface area contributed by atoms with Gasteiger partial charge in [0.25, 0.3) is 11.8 Å². The minimum Gasteiger partial charge on any atom is -0.338 e. The fourth-order valence-corrected chi connectivity index (χ4v) is 3.47. The Kier molecular flexibility index (Phi) is 5.00. The number of hydrogen-bond donors (Lipinski definition) is 0. The number of nitrogens with zero attached hydrogens (tertiary/aromatic N) is 3. The van der Waals surface area contributed by atoms with E-state index in [4.69, 9.17) is 11.6 Å². The van der Waals surface area contributed by atoms with Crippen molar-refractivity contribution in [3.63, 3.8) is 0 Å². The smallest absolute Gasteiger partial charge is 0.262 e. The Morgan fingerprint density at radius 1 is 0.885 bits per heavy atom. The van der Waals surface area contributed by atoms with Crippen LogP contribution in [0.25, 0.3) is 0 Å². The second-order valence-electron chi connectivity index (χ2n) is 6.47. The van der Waals surface area contributed by atoms with Gasteiger partial charge in [-0.15, -0.1) is 11.6 Å². The van der Waals surface area contributed by atoms with Crippen LogP contribution in [0.3, 0.4) is 0 Å². The highest BCUT2D eigenvalue weighted by atomic mass is 35.5. The number of alkyl halides is 1. The molecule has 138 valence electrons. The number of imide groups is 1. The van der Waals surface area contributed by atoms with Crippen LogP contribution in [0.2, 0.25) is 0 Å². The molecule has 0 aliphatic carbocycles. The molecule has 0 spiro atoms. The van der Waals surface area contributed by atoms with Crippen molar-refractivity contribution in [2.75, 3.05) is 26.2 Å². The molecule has 8 heteroatoms. The number of benzene rings is 1. The maximum absolute atomic E-state index is 12.8. The van der Waals surface area contributed by atoms with Gasteiger partial charge < -0.3 is 9.80 Å². The summed E-state index contributed by atoms with van der Waals surface area (Å²) in [5.74, 6) is -1.36. The van der Waals surface area contributed by atoms with Gasteiger partial charge in [0, 0.05) is 26.2 Å². The van der Waals surface area contributed by atoms with Crippen molar-refractivity contribution in [1.82, 2.24) is 14.7 Å². The minimum atomic E-state index is -0.892. The van der Waals surface area contributed by atoms with Gasteiger partial charge in [0.1, 0.15) is 11.4 Å². The van der Waals surface area contributed by atoms with Crippen LogP contribution in [0, 0.1) is 0 Å². The van der Waals surface area contributed by atoms with Gasteiger partial charge in [-0.05, 0) is 26.0 Å². The van der Waals surface area contributed by atoms with Crippen molar-refractivity contribution < 1.29 is 19.2 Å². The van der Waals surface area contributed by atoms with E-state index >= 15 is 0 Å². The van der Waals surface area contributed by atoms with Crippen LogP contribution >= 0.6 is 11.6 Å². The number of carbonyl (C=O) groups is 4. The normalized spacial score (nSPS) is 19.4. The van der Waals surface area contributed by atoms with E-state index in [1.165, 1.54) is 0 Å². The molecular formula is C18H20ClN3O4. The third kappa shape index (κ3) is 3.07. The Bertz CT molecular complexity index is 736. The largest absolute Gasteiger partial charge is 0.338 e. The van der Waals surface area contributed by atoms with Crippen molar-refractivity contribution >= 4 is 35.2 Å². The zero-order valence-electron chi connectivity index (χ0n) is 14.6. The van der Waals surface area contributed by atoms with Crippen LogP contribution in [0.4, 0.5) is 0 Å². The lowest BCUT2D eigenvalue weighted by Crippen LogP contribution is -2.56. The molecule has 0 radical (unpaired) electrons. The second kappa shape index (κ2) is 7.07. The van der Waals surface area contributed by atoms with E-state index in [-0.39, 0.29) is 11.8 Å². The number of rotatable bonds is 3. The molecule has 3 rings (SSSR count). The van der Waals surface area contributed by atoms with Crippen molar-refractivity contribution in [2.45, 2.75) is 25.3 Å². The van der Waals surface area contributed by atoms with E-state index in [0.29, 0.717) is 37.3 Å². The number of halogens is 1. The highest BCUT2D eigenvalue weighted by Crippen LogP contribution is 2.25. The maximum atomic E-state index is 12.8. The average Bonchev–Trinajstić information content (AvgIpc) is 2.91. The van der Waals surface area contributed by atoms with E-state index in [9.17, 15) is 19.2 Å². The molecule has 0 saturated carbocycles. The number of carbonyl (C=O) groups excluding carboxylic acids is 4. The molecule has 2 aliphatic heterocycles. The number of hydrogen-bond acceptors (Lipinski definition) is 4. The van der Waals surface area contributed by atoms with Gasteiger partial charge in [-0.1, -0.05) is 12.1 Å². The Morgan fingerprint density at radius 3 is 1.73 bits per heavy atom. The van der Waals surface area contributed by atoms with Gasteiger partial charge in [0.15, 0.2) is 0 Å². The quantitative estimate of drug-likeness (QED) is 0.581. The molecule has 2 atom stereocenters. The van der Waals surface area contributed by atoms with Gasteiger partial charge in [0.2, 0.25) is 11.8 Å². The Labute approximate surface area is 156 Å². The maximum Gasteiger partial charge on any atom is 0.262 e. The molecule has 2 heterocycles. The summed E-state index contributed by atoms with van der Waals surface area (Å²) >= 11 is 5.82. The van der Waals surface area contributed by atoms with E-state index in [0.717, 1.165) is 4.90 Å². The molecule has 1 saturated heterocycles. The van der Waals surface area contributed by atoms with Crippen molar-refractivity contribution in [1.29, 1.82) is 0 Å². The molecule has 4 amide bonds. The summed E-state index contributed by atoms with van der Waals surface area (Å²) < 4.78 is 0. The van der Waals surface area contributed by atoms with Crippen LogP contribution in [0.5, 0.6) is 0 Å². The van der Waals surface area contributed by atoms with Crippen molar-refractivity contribution in [3.05, 3.63) is 35.4 Å². The highest BCUT2D eigenvalue weighted by molar-refractivity contribution is 6.30. The predicted octanol–water partition coefficient (Wildman–Crippen LogP) is 0.969. The highest BCUT2D eigenvalue weighted by Gasteiger charge is 2.42. The molecule has 0 aromatic heterocycles. The number of piperazine rings is 1. The van der Waals surface area contributed by atoms with Crippen molar-refractivity contribution in [2.24, 2.45) is 0 Å². The second-order valence-corrected chi connectivity index (χ2v) is 7.12. The minimum absolute atomic E-state index is 0.160. The first-order valence-electron chi connectivity index (χ1n) is 8.51. The Balaban J connectivity index is 1.67. The van der Waals surface area contributed by atoms with Crippen molar-refractivity contribution in [3.8, 4) is 0 Å². The zero-order chi connectivity index (χ0) is 19.0. The molecule has 0 N–H and O–H groups in total. The molecule has 1 fully saturated rings. The lowest BCUT2D eigenvalue weighted by atomic mass is 10.1. The third-order valence-electron chi connectivity index (χ3n) is 4.81. The summed E-state index contributed by atoms with van der Waals surface area (Å²) in [6.07, 6.45) is 0. The molecule has 2 aliphatic rings. The fourth-order valence-electron chi connectivity index (χ4n) is 3.33. The average molecular weight is 378 g/mol. The molecule has 26 heavy (non-hydrogen) atoms. The van der Waals surface area contributed by atoms with Gasteiger partial charge >= 0.3 is 0 Å². The number of amides is 4. The first-order chi connectivity index (χ1) is 12.3. The fraction of sp³-hybridized carbons (Fsp3) is 0.444. The van der Waals surface area contributed by atoms with Crippen LogP contribution in [0.1, 0.15) is 34.6 Å². The summed E-state index contributed by atoms with van der Waals surface area (Å²) in [5.41, 5.74) is 0.646. The Hall–Kier alpha value is -2.41. The Morgan fingerprint density at radius 2 is 1.31 bits per heavy atom. The van der Waals surface area contributed by atoms with E-state index in [1.54, 1.807) is 47.9 Å². The SMILES string of the molecule is CC(Cl)C(=O)N1CCN(C(=O)C(C)N2C(=O)c3ccccc3C2=O)CC1. The zero-order valence-corrected chi connectivity index (χ0v) is 15.4. The van der Waals surface area contributed by atoms with Crippen LogP contribution in [0.15, 0.2) is 24.3 Å². The van der Waals surface area contributed by atoms with Gasteiger partial charge in [0.05, 0.1) is 11.1 Å². The first kappa shape index (κ1) is 18.4. The first-order valence-corrected chi connectivity index (χ1v) is 8.95. The van der Waals surface area contributed by atoms with Gasteiger partial charge in [-0.2, -0.15) is 0 Å². The summed E-state index contributed by atoms with van der Waals surface area (Å²) in [5, 5.41) is -0.602. The standard InChI is InChI=1S/C18H20ClN3O4/c1-11(19)15(23)20-7-9-21(10-8-20)16(24)12(2)22-17(25)13-5-3-4-6-14(13)18(22)26/h3-6,11-12H,7-10H2,1-2H3. The van der Waals surface area contributed by atoms with Gasteiger partial charge in [-0.3, -0.25) is 24.1 Å². The summed E-state index contributed by atoms with van der Waals surface area (Å²) in [4.78, 5) is 54.0. The molecule has 7 nitrogen and oxygen atoms in total. The predicted molar refractivity (Wildman–Crippen MR) is 94.9 cm³/mol. The summed E-state index contributed by atoms with van der Waals surface area (Å²) in [7, 11) is 0. The molecule has 0 bridgehead atoms. The topological polar surface area (TPSA) is 78.0 Å². The van der Waals surface area contributed by atoms with Crippen LogP contribution in [-0.2, 0) is 9.59 Å².